The highest BCUT2D eigenvalue weighted by Gasteiger charge is 2.36. The zero-order chi connectivity index (χ0) is 27.4. The van der Waals surface area contributed by atoms with Crippen LogP contribution >= 0.6 is 38.5 Å². The summed E-state index contributed by atoms with van der Waals surface area (Å²) in [5.74, 6) is -0.732. The molecule has 0 aromatic heterocycles. The number of nitro benzene ring substituents is 1. The molecular weight excluding hydrogens is 673 g/mol. The normalized spacial score (nSPS) is 14.4. The van der Waals surface area contributed by atoms with Gasteiger partial charge in [0.2, 0.25) is 0 Å². The fourth-order valence-corrected chi connectivity index (χ4v) is 4.64. The maximum absolute atomic E-state index is 13.2. The van der Waals surface area contributed by atoms with Crippen LogP contribution in [0.2, 0.25) is 0 Å². The second kappa shape index (κ2) is 11.7. The lowest BCUT2D eigenvalue weighted by atomic mass is 10.1. The first-order chi connectivity index (χ1) is 18.2. The SMILES string of the molecule is CCOc1cc(/C=C2\C(=O)NC(=O)N(c3ccc(Br)cc3)C2=O)cc(I)c1OCc1ccc([N+](=O)[O-])cc1. The molecular formula is C26H19BrIN3O7. The Kier molecular flexibility index (Phi) is 8.42. The molecule has 0 aliphatic carbocycles. The number of nitro groups is 1. The van der Waals surface area contributed by atoms with E-state index in [4.69, 9.17) is 9.47 Å². The standard InChI is InChI=1S/C26H19BrIN3O7/c1-2-37-22-13-16(12-21(28)23(22)38-14-15-3-7-19(8-4-15)31(35)36)11-20-24(32)29-26(34)30(25(20)33)18-9-5-17(27)6-10-18/h3-13H,2,14H2,1H3,(H,29,32,34)/b20-11+. The van der Waals surface area contributed by atoms with Gasteiger partial charge < -0.3 is 9.47 Å². The number of benzene rings is 3. The van der Waals surface area contributed by atoms with E-state index in [2.05, 4.69) is 43.8 Å². The van der Waals surface area contributed by atoms with Gasteiger partial charge in [-0.1, -0.05) is 15.9 Å². The average Bonchev–Trinajstić information content (AvgIpc) is 2.87. The molecule has 0 bridgehead atoms. The second-order valence-electron chi connectivity index (χ2n) is 7.91. The lowest BCUT2D eigenvalue weighted by Gasteiger charge is -2.26. The molecule has 1 fully saturated rings. The van der Waals surface area contributed by atoms with Gasteiger partial charge in [0.1, 0.15) is 12.2 Å². The molecule has 0 atom stereocenters. The van der Waals surface area contributed by atoms with Gasteiger partial charge in [-0.05, 0) is 95.2 Å². The number of carbonyl (C=O) groups is 3. The van der Waals surface area contributed by atoms with Crippen molar-refractivity contribution in [1.82, 2.24) is 5.32 Å². The van der Waals surface area contributed by atoms with Crippen LogP contribution in [0.15, 0.2) is 70.7 Å². The smallest absolute Gasteiger partial charge is 0.335 e. The first kappa shape index (κ1) is 27.3. The Morgan fingerprint density at radius 1 is 1.05 bits per heavy atom. The van der Waals surface area contributed by atoms with Crippen molar-refractivity contribution >= 4 is 73.8 Å². The summed E-state index contributed by atoms with van der Waals surface area (Å²) in [5.41, 5.74) is 1.29. The molecule has 4 rings (SSSR count). The third-order valence-electron chi connectivity index (χ3n) is 5.36. The number of ether oxygens (including phenoxy) is 2. The van der Waals surface area contributed by atoms with Crippen molar-refractivity contribution in [1.29, 1.82) is 0 Å². The van der Waals surface area contributed by atoms with Crippen LogP contribution in [0.5, 0.6) is 11.5 Å². The van der Waals surface area contributed by atoms with E-state index in [0.29, 0.717) is 32.9 Å². The van der Waals surface area contributed by atoms with Crippen molar-refractivity contribution in [3.05, 3.63) is 95.5 Å². The van der Waals surface area contributed by atoms with E-state index >= 15 is 0 Å². The van der Waals surface area contributed by atoms with E-state index in [1.807, 2.05) is 0 Å². The van der Waals surface area contributed by atoms with Gasteiger partial charge in [-0.3, -0.25) is 25.0 Å². The van der Waals surface area contributed by atoms with Crippen LogP contribution in [0, 0.1) is 13.7 Å². The summed E-state index contributed by atoms with van der Waals surface area (Å²) in [6.45, 7) is 2.27. The number of hydrogen-bond acceptors (Lipinski definition) is 7. The molecule has 38 heavy (non-hydrogen) atoms. The highest BCUT2D eigenvalue weighted by molar-refractivity contribution is 14.1. The lowest BCUT2D eigenvalue weighted by Crippen LogP contribution is -2.54. The second-order valence-corrected chi connectivity index (χ2v) is 9.99. The number of nitrogens with zero attached hydrogens (tertiary/aromatic N) is 2. The summed E-state index contributed by atoms with van der Waals surface area (Å²) in [4.78, 5) is 49.5. The zero-order valence-corrected chi connectivity index (χ0v) is 23.5. The Morgan fingerprint density at radius 3 is 2.37 bits per heavy atom. The number of non-ortho nitro benzene ring substituents is 1. The van der Waals surface area contributed by atoms with E-state index < -0.39 is 22.8 Å². The van der Waals surface area contributed by atoms with Gasteiger partial charge in [-0.25, -0.2) is 9.69 Å². The van der Waals surface area contributed by atoms with Crippen molar-refractivity contribution in [2.24, 2.45) is 0 Å². The topological polar surface area (TPSA) is 128 Å². The average molecular weight is 692 g/mol. The van der Waals surface area contributed by atoms with Crippen LogP contribution in [0.25, 0.3) is 6.08 Å². The Bertz CT molecular complexity index is 1460. The summed E-state index contributed by atoms with van der Waals surface area (Å²) >= 11 is 5.37. The minimum atomic E-state index is -0.834. The van der Waals surface area contributed by atoms with E-state index in [9.17, 15) is 24.5 Å². The van der Waals surface area contributed by atoms with E-state index in [0.717, 1.165) is 14.9 Å². The number of amides is 4. The van der Waals surface area contributed by atoms with Crippen LogP contribution in [0.3, 0.4) is 0 Å². The van der Waals surface area contributed by atoms with E-state index in [1.54, 1.807) is 55.5 Å². The molecule has 3 aromatic rings. The third kappa shape index (κ3) is 6.02. The molecule has 0 saturated carbocycles. The zero-order valence-electron chi connectivity index (χ0n) is 19.8. The van der Waals surface area contributed by atoms with Gasteiger partial charge in [0.05, 0.1) is 20.8 Å². The van der Waals surface area contributed by atoms with Crippen molar-refractivity contribution < 1.29 is 28.8 Å². The van der Waals surface area contributed by atoms with Crippen LogP contribution < -0.4 is 19.7 Å². The van der Waals surface area contributed by atoms with E-state index in [1.165, 1.54) is 18.2 Å². The van der Waals surface area contributed by atoms with Crippen molar-refractivity contribution in [3.63, 3.8) is 0 Å². The van der Waals surface area contributed by atoms with Gasteiger partial charge in [0.15, 0.2) is 11.5 Å². The maximum atomic E-state index is 13.2. The van der Waals surface area contributed by atoms with Gasteiger partial charge in [0.25, 0.3) is 17.5 Å². The summed E-state index contributed by atoms with van der Waals surface area (Å²) in [7, 11) is 0. The molecule has 194 valence electrons. The molecule has 1 heterocycles. The highest BCUT2D eigenvalue weighted by Crippen LogP contribution is 2.36. The molecule has 1 aliphatic heterocycles. The number of hydrogen-bond donors (Lipinski definition) is 1. The largest absolute Gasteiger partial charge is 0.490 e. The summed E-state index contributed by atoms with van der Waals surface area (Å²) in [6, 6.07) is 15.1. The lowest BCUT2D eigenvalue weighted by molar-refractivity contribution is -0.384. The third-order valence-corrected chi connectivity index (χ3v) is 6.69. The Hall–Kier alpha value is -3.78. The number of carbonyl (C=O) groups excluding carboxylic acids is 3. The van der Waals surface area contributed by atoms with Crippen molar-refractivity contribution in [3.8, 4) is 11.5 Å². The molecule has 12 heteroatoms. The molecule has 0 radical (unpaired) electrons. The minimum absolute atomic E-state index is 0.0163. The first-order valence-corrected chi connectivity index (χ1v) is 13.0. The highest BCUT2D eigenvalue weighted by atomic mass is 127. The van der Waals surface area contributed by atoms with Crippen LogP contribution in [-0.2, 0) is 16.2 Å². The number of urea groups is 1. The Morgan fingerprint density at radius 2 is 1.74 bits per heavy atom. The molecule has 1 saturated heterocycles. The Labute approximate surface area is 239 Å². The van der Waals surface area contributed by atoms with E-state index in [-0.39, 0.29) is 17.9 Å². The van der Waals surface area contributed by atoms with Crippen LogP contribution in [-0.4, -0.2) is 29.4 Å². The molecule has 3 aromatic carbocycles. The summed E-state index contributed by atoms with van der Waals surface area (Å²) in [6.07, 6.45) is 1.39. The van der Waals surface area contributed by atoms with Gasteiger partial charge in [-0.15, -0.1) is 0 Å². The molecule has 0 unspecified atom stereocenters. The first-order valence-electron chi connectivity index (χ1n) is 11.2. The predicted octanol–water partition coefficient (Wildman–Crippen LogP) is 5.61. The van der Waals surface area contributed by atoms with Gasteiger partial charge in [-0.2, -0.15) is 0 Å². The van der Waals surface area contributed by atoms with Gasteiger partial charge >= 0.3 is 6.03 Å². The monoisotopic (exact) mass is 691 g/mol. The minimum Gasteiger partial charge on any atom is -0.490 e. The number of imide groups is 2. The summed E-state index contributed by atoms with van der Waals surface area (Å²) < 4.78 is 13.1. The van der Waals surface area contributed by atoms with Crippen LogP contribution in [0.1, 0.15) is 18.1 Å². The molecule has 10 nitrogen and oxygen atoms in total. The fraction of sp³-hybridized carbons (Fsp3) is 0.115. The number of barbiturate groups is 1. The number of rotatable bonds is 8. The number of halogens is 2. The van der Waals surface area contributed by atoms with Crippen LogP contribution in [0.4, 0.5) is 16.2 Å². The Balaban J connectivity index is 1.62. The summed E-state index contributed by atoms with van der Waals surface area (Å²) in [5, 5.41) is 13.1. The van der Waals surface area contributed by atoms with Crippen molar-refractivity contribution in [2.45, 2.75) is 13.5 Å². The van der Waals surface area contributed by atoms with Crippen molar-refractivity contribution in [2.75, 3.05) is 11.5 Å². The maximum Gasteiger partial charge on any atom is 0.335 e. The quantitative estimate of drug-likeness (QED) is 0.107. The fourth-order valence-electron chi connectivity index (χ4n) is 3.59. The molecule has 4 amide bonds. The molecule has 0 spiro atoms. The molecule has 1 aliphatic rings. The number of nitrogens with one attached hydrogen (secondary N) is 1. The number of anilines is 1. The molecule has 1 N–H and O–H groups in total. The van der Waals surface area contributed by atoms with Gasteiger partial charge in [0, 0.05) is 16.6 Å². The predicted molar refractivity (Wildman–Crippen MR) is 151 cm³/mol.